The molecule has 5 nitrogen and oxygen atoms in total. The topological polar surface area (TPSA) is 84.2 Å². The van der Waals surface area contributed by atoms with Crippen molar-refractivity contribution in [2.45, 2.75) is 13.3 Å². The van der Waals surface area contributed by atoms with Gasteiger partial charge in [-0.3, -0.25) is 0 Å². The molecule has 0 bridgehead atoms. The van der Waals surface area contributed by atoms with Crippen molar-refractivity contribution < 1.29 is 8.42 Å². The predicted molar refractivity (Wildman–Crippen MR) is 44.3 cm³/mol. The second-order valence-electron chi connectivity index (χ2n) is 2.15. The maximum Gasteiger partial charge on any atom is 0.274 e. The molecular formula is C5H15N3O2S. The van der Waals surface area contributed by atoms with Crippen molar-refractivity contribution in [3.8, 4) is 0 Å². The zero-order chi connectivity index (χ0) is 8.74. The summed E-state index contributed by atoms with van der Waals surface area (Å²) in [5.74, 6) is 0. The third kappa shape index (κ3) is 9.83. The van der Waals surface area contributed by atoms with Crippen molar-refractivity contribution in [3.63, 3.8) is 0 Å². The molecule has 0 spiro atoms. The number of nitrogens with one attached hydrogen (secondary N) is 2. The lowest BCUT2D eigenvalue weighted by Crippen LogP contribution is -2.32. The molecule has 0 unspecified atom stereocenters. The van der Waals surface area contributed by atoms with Gasteiger partial charge in [0.2, 0.25) is 0 Å². The smallest absolute Gasteiger partial charge is 0.274 e. The fraction of sp³-hybridized carbons (Fsp3) is 1.00. The summed E-state index contributed by atoms with van der Waals surface area (Å²) >= 11 is 0. The molecule has 68 valence electrons. The van der Waals surface area contributed by atoms with Crippen LogP contribution in [0.25, 0.3) is 0 Å². The lowest BCUT2D eigenvalue weighted by atomic mass is 10.4. The van der Waals surface area contributed by atoms with Crippen LogP contribution in [0, 0.1) is 0 Å². The Kier molecular flexibility index (Phi) is 5.39. The number of rotatable bonds is 6. The van der Waals surface area contributed by atoms with Crippen molar-refractivity contribution >= 4 is 10.2 Å². The maximum absolute atomic E-state index is 10.3. The highest BCUT2D eigenvalue weighted by atomic mass is 32.2. The Morgan fingerprint density at radius 2 is 2.00 bits per heavy atom. The minimum atomic E-state index is -3.49. The maximum atomic E-state index is 10.3. The van der Waals surface area contributed by atoms with Gasteiger partial charge >= 0.3 is 0 Å². The highest BCUT2D eigenvalue weighted by Gasteiger charge is 1.97. The van der Waals surface area contributed by atoms with Crippen LogP contribution in [0.1, 0.15) is 13.3 Å². The summed E-state index contributed by atoms with van der Waals surface area (Å²) < 4.78 is 22.8. The second kappa shape index (κ2) is 5.48. The normalized spacial score (nSPS) is 11.8. The van der Waals surface area contributed by atoms with Gasteiger partial charge in [-0.2, -0.15) is 8.42 Å². The molecule has 0 aliphatic heterocycles. The van der Waals surface area contributed by atoms with E-state index in [4.69, 9.17) is 5.14 Å². The van der Waals surface area contributed by atoms with Gasteiger partial charge < -0.3 is 5.32 Å². The molecule has 0 radical (unpaired) electrons. The molecule has 0 saturated heterocycles. The molecule has 0 heterocycles. The minimum absolute atomic E-state index is 0.395. The Bertz CT molecular complexity index is 178. The van der Waals surface area contributed by atoms with E-state index in [2.05, 4.69) is 10.0 Å². The number of hydrogen-bond acceptors (Lipinski definition) is 3. The Balaban J connectivity index is 3.16. The molecule has 0 fully saturated rings. The van der Waals surface area contributed by atoms with Crippen LogP contribution in [0.4, 0.5) is 0 Å². The zero-order valence-electron chi connectivity index (χ0n) is 6.63. The van der Waals surface area contributed by atoms with Crippen LogP contribution in [0.3, 0.4) is 0 Å². The van der Waals surface area contributed by atoms with Gasteiger partial charge in [0.25, 0.3) is 10.2 Å². The molecule has 0 aromatic rings. The van der Waals surface area contributed by atoms with Gasteiger partial charge in [-0.15, -0.1) is 0 Å². The van der Waals surface area contributed by atoms with Crippen molar-refractivity contribution in [1.82, 2.24) is 10.0 Å². The number of nitrogens with two attached hydrogens (primary N) is 1. The lowest BCUT2D eigenvalue weighted by molar-refractivity contribution is 0.577. The second-order valence-corrected chi connectivity index (χ2v) is 3.53. The van der Waals surface area contributed by atoms with Gasteiger partial charge in [0, 0.05) is 6.54 Å². The van der Waals surface area contributed by atoms with Crippen LogP contribution in [0.15, 0.2) is 0 Å². The molecule has 0 atom stereocenters. The van der Waals surface area contributed by atoms with Crippen molar-refractivity contribution in [3.05, 3.63) is 0 Å². The summed E-state index contributed by atoms with van der Waals surface area (Å²) in [7, 11) is -3.49. The lowest BCUT2D eigenvalue weighted by Gasteiger charge is -2.01. The average Bonchev–Trinajstić information content (AvgIpc) is 1.85. The average molecular weight is 181 g/mol. The van der Waals surface area contributed by atoms with E-state index in [0.717, 1.165) is 19.5 Å². The van der Waals surface area contributed by atoms with Crippen LogP contribution in [0.2, 0.25) is 0 Å². The van der Waals surface area contributed by atoms with E-state index in [9.17, 15) is 8.42 Å². The van der Waals surface area contributed by atoms with Crippen LogP contribution in [-0.4, -0.2) is 28.1 Å². The first-order valence-corrected chi connectivity index (χ1v) is 5.09. The van der Waals surface area contributed by atoms with Gasteiger partial charge in [0.05, 0.1) is 0 Å². The predicted octanol–water partition coefficient (Wildman–Crippen LogP) is -1.22. The van der Waals surface area contributed by atoms with Crippen molar-refractivity contribution in [1.29, 1.82) is 0 Å². The molecule has 0 saturated carbocycles. The summed E-state index contributed by atoms with van der Waals surface area (Å²) in [6.45, 7) is 4.09. The Morgan fingerprint density at radius 3 is 2.45 bits per heavy atom. The van der Waals surface area contributed by atoms with E-state index < -0.39 is 10.2 Å². The summed E-state index contributed by atoms with van der Waals surface area (Å²) in [6.07, 6.45) is 0.754. The van der Waals surface area contributed by atoms with E-state index in [0.29, 0.717) is 6.54 Å². The van der Waals surface area contributed by atoms with Gasteiger partial charge in [0.1, 0.15) is 0 Å². The Hall–Kier alpha value is -0.170. The summed E-state index contributed by atoms with van der Waals surface area (Å²) in [4.78, 5) is 0. The van der Waals surface area contributed by atoms with Gasteiger partial charge in [-0.1, -0.05) is 6.92 Å². The molecule has 0 rings (SSSR count). The van der Waals surface area contributed by atoms with E-state index >= 15 is 0 Å². The molecule has 0 amide bonds. The van der Waals surface area contributed by atoms with Crippen LogP contribution < -0.4 is 15.2 Å². The molecule has 11 heavy (non-hydrogen) atoms. The first kappa shape index (κ1) is 10.8. The summed E-state index contributed by atoms with van der Waals surface area (Å²) in [5, 5.41) is 7.75. The fourth-order valence-corrected chi connectivity index (χ4v) is 1.03. The summed E-state index contributed by atoms with van der Waals surface area (Å²) in [6, 6.07) is 0. The van der Waals surface area contributed by atoms with Crippen molar-refractivity contribution in [2.75, 3.05) is 19.6 Å². The Morgan fingerprint density at radius 1 is 1.36 bits per heavy atom. The van der Waals surface area contributed by atoms with Gasteiger partial charge in [-0.05, 0) is 19.5 Å². The monoisotopic (exact) mass is 181 g/mol. The first-order chi connectivity index (χ1) is 5.06. The Labute approximate surface area is 67.5 Å². The van der Waals surface area contributed by atoms with Crippen LogP contribution in [0.5, 0.6) is 0 Å². The first-order valence-electron chi connectivity index (χ1n) is 3.54. The summed E-state index contributed by atoms with van der Waals surface area (Å²) in [5.41, 5.74) is 0. The molecule has 6 heteroatoms. The minimum Gasteiger partial charge on any atom is -0.317 e. The van der Waals surface area contributed by atoms with Gasteiger partial charge in [-0.25, -0.2) is 9.86 Å². The SMILES string of the molecule is CCNCCCNS(N)(=O)=O. The third-order valence-corrected chi connectivity index (χ3v) is 1.69. The molecule has 0 aromatic heterocycles. The largest absolute Gasteiger partial charge is 0.317 e. The highest BCUT2D eigenvalue weighted by Crippen LogP contribution is 1.74. The van der Waals surface area contributed by atoms with Crippen LogP contribution in [-0.2, 0) is 10.2 Å². The third-order valence-electron chi connectivity index (χ3n) is 1.08. The molecule has 4 N–H and O–H groups in total. The molecule has 0 aromatic carbocycles. The molecule has 0 aliphatic rings. The number of hydrogen-bond donors (Lipinski definition) is 3. The fourth-order valence-electron chi connectivity index (χ4n) is 0.605. The molecule has 0 aliphatic carbocycles. The van der Waals surface area contributed by atoms with E-state index in [-0.39, 0.29) is 0 Å². The highest BCUT2D eigenvalue weighted by molar-refractivity contribution is 7.87. The van der Waals surface area contributed by atoms with Gasteiger partial charge in [0.15, 0.2) is 0 Å². The zero-order valence-corrected chi connectivity index (χ0v) is 7.45. The van der Waals surface area contributed by atoms with E-state index in [1.165, 1.54) is 0 Å². The van der Waals surface area contributed by atoms with Crippen molar-refractivity contribution in [2.24, 2.45) is 5.14 Å². The van der Waals surface area contributed by atoms with Crippen LogP contribution >= 0.6 is 0 Å². The van der Waals surface area contributed by atoms with E-state index in [1.807, 2.05) is 6.92 Å². The molecular weight excluding hydrogens is 166 g/mol. The van der Waals surface area contributed by atoms with E-state index in [1.54, 1.807) is 0 Å². The standard InChI is InChI=1S/C5H15N3O2S/c1-2-7-4-3-5-8-11(6,9)10/h7-8H,2-5H2,1H3,(H2,6,9,10). The quantitative estimate of drug-likeness (QED) is 0.449.